The predicted molar refractivity (Wildman–Crippen MR) is 182 cm³/mol. The van der Waals surface area contributed by atoms with Gasteiger partial charge in [-0.1, -0.05) is 128 Å². The van der Waals surface area contributed by atoms with Crippen LogP contribution in [-0.2, 0) is 9.47 Å². The molecule has 42 heavy (non-hydrogen) atoms. The second-order valence-corrected chi connectivity index (χ2v) is 16.9. The van der Waals surface area contributed by atoms with Gasteiger partial charge in [0.1, 0.15) is 12.4 Å². The van der Waals surface area contributed by atoms with Gasteiger partial charge >= 0.3 is 0 Å². The van der Waals surface area contributed by atoms with Gasteiger partial charge in [0, 0.05) is 0 Å². The van der Waals surface area contributed by atoms with Gasteiger partial charge in [-0.05, 0) is 82.8 Å². The average Bonchev–Trinajstić information content (AvgIpc) is 2.90. The van der Waals surface area contributed by atoms with E-state index in [1.165, 1.54) is 37.7 Å². The molecule has 3 heteroatoms. The molecule has 0 amide bonds. The van der Waals surface area contributed by atoms with E-state index in [0.29, 0.717) is 37.1 Å². The lowest BCUT2D eigenvalue weighted by molar-refractivity contribution is -0.157. The molecule has 1 fully saturated rings. The molecule has 0 aliphatic heterocycles. The first-order valence-electron chi connectivity index (χ1n) is 17.3. The smallest absolute Gasteiger partial charge is 0.119 e. The topological polar surface area (TPSA) is 27.7 Å². The highest BCUT2D eigenvalue weighted by molar-refractivity contribution is 5.28. The monoisotopic (exact) mass is 587 g/mol. The molecule has 2 atom stereocenters. The van der Waals surface area contributed by atoms with Crippen LogP contribution in [0.15, 0.2) is 24.3 Å². The first kappa shape index (κ1) is 37.1. The van der Waals surface area contributed by atoms with E-state index in [1.54, 1.807) is 0 Å². The van der Waals surface area contributed by atoms with Gasteiger partial charge in [-0.15, -0.1) is 0 Å². The number of hydrogen-bond donors (Lipinski definition) is 0. The minimum absolute atomic E-state index is 0.00372. The summed E-state index contributed by atoms with van der Waals surface area (Å²) in [6.07, 6.45) is 9.17. The third-order valence-electron chi connectivity index (χ3n) is 12.0. The van der Waals surface area contributed by atoms with Crippen LogP contribution in [0.1, 0.15) is 153 Å². The van der Waals surface area contributed by atoms with Crippen LogP contribution in [0.3, 0.4) is 0 Å². The minimum atomic E-state index is -0.0278. The first-order valence-corrected chi connectivity index (χ1v) is 17.3. The highest BCUT2D eigenvalue weighted by Gasteiger charge is 2.49. The van der Waals surface area contributed by atoms with E-state index in [-0.39, 0.29) is 33.9 Å². The van der Waals surface area contributed by atoms with Gasteiger partial charge in [-0.25, -0.2) is 0 Å². The van der Waals surface area contributed by atoms with Crippen LogP contribution >= 0.6 is 0 Å². The lowest BCUT2D eigenvalue weighted by atomic mass is 9.57. The highest BCUT2D eigenvalue weighted by atomic mass is 16.5. The molecule has 2 unspecified atom stereocenters. The quantitative estimate of drug-likeness (QED) is 0.170. The van der Waals surface area contributed by atoms with Crippen molar-refractivity contribution in [3.05, 3.63) is 29.8 Å². The van der Waals surface area contributed by atoms with Crippen LogP contribution in [0.4, 0.5) is 0 Å². The SMILES string of the molecule is CC(C)c1ccc(OCCOC(CC(C)(C)C(C)(C)C(CC(C)(C)C(C)C)OC2CCCCC2)C(C)(C)C(C)C)cc1. The van der Waals surface area contributed by atoms with E-state index in [2.05, 4.69) is 121 Å². The predicted octanol–water partition coefficient (Wildman–Crippen LogP) is 11.5. The van der Waals surface area contributed by atoms with E-state index in [1.807, 2.05) is 0 Å². The van der Waals surface area contributed by atoms with Crippen molar-refractivity contribution in [3.63, 3.8) is 0 Å². The summed E-state index contributed by atoms with van der Waals surface area (Å²) >= 11 is 0. The Hall–Kier alpha value is -1.06. The molecule has 0 N–H and O–H groups in total. The van der Waals surface area contributed by atoms with Gasteiger partial charge in [-0.2, -0.15) is 0 Å². The summed E-state index contributed by atoms with van der Waals surface area (Å²) in [6.45, 7) is 34.5. The van der Waals surface area contributed by atoms with Crippen molar-refractivity contribution in [3.8, 4) is 5.75 Å². The Morgan fingerprint density at radius 1 is 0.690 bits per heavy atom. The fourth-order valence-corrected chi connectivity index (χ4v) is 5.99. The zero-order valence-corrected chi connectivity index (χ0v) is 30.4. The normalized spacial score (nSPS) is 17.7. The number of ether oxygens (including phenoxy) is 3. The molecule has 2 rings (SSSR count). The maximum Gasteiger partial charge on any atom is 0.119 e. The van der Waals surface area contributed by atoms with Gasteiger partial charge < -0.3 is 14.2 Å². The Kier molecular flexibility index (Phi) is 13.5. The second kappa shape index (κ2) is 15.3. The van der Waals surface area contributed by atoms with Gasteiger partial charge in [0.2, 0.25) is 0 Å². The molecule has 1 aromatic rings. The number of rotatable bonds is 17. The Bertz CT molecular complexity index is 900. The van der Waals surface area contributed by atoms with E-state index < -0.39 is 0 Å². The largest absolute Gasteiger partial charge is 0.491 e. The van der Waals surface area contributed by atoms with Crippen molar-refractivity contribution >= 4 is 0 Å². The minimum Gasteiger partial charge on any atom is -0.491 e. The van der Waals surface area contributed by atoms with Gasteiger partial charge in [-0.3, -0.25) is 0 Å². The molecule has 1 aromatic carbocycles. The van der Waals surface area contributed by atoms with Gasteiger partial charge in [0.05, 0.1) is 24.9 Å². The molecule has 1 aliphatic carbocycles. The molecule has 244 valence electrons. The maximum atomic E-state index is 7.15. The molecule has 1 aliphatic rings. The zero-order chi connectivity index (χ0) is 31.9. The molecule has 0 aromatic heterocycles. The van der Waals surface area contributed by atoms with Crippen molar-refractivity contribution in [2.45, 2.75) is 166 Å². The Morgan fingerprint density at radius 2 is 1.26 bits per heavy atom. The highest BCUT2D eigenvalue weighted by Crippen LogP contribution is 2.52. The Balaban J connectivity index is 2.22. The van der Waals surface area contributed by atoms with Gasteiger partial charge in [0.25, 0.3) is 0 Å². The molecule has 0 radical (unpaired) electrons. The summed E-state index contributed by atoms with van der Waals surface area (Å²) in [6, 6.07) is 8.51. The van der Waals surface area contributed by atoms with E-state index in [0.717, 1.165) is 18.6 Å². The van der Waals surface area contributed by atoms with Crippen LogP contribution in [0.2, 0.25) is 0 Å². The summed E-state index contributed by atoms with van der Waals surface area (Å²) in [4.78, 5) is 0. The van der Waals surface area contributed by atoms with E-state index in [9.17, 15) is 0 Å². The van der Waals surface area contributed by atoms with Crippen molar-refractivity contribution in [2.75, 3.05) is 13.2 Å². The van der Waals surface area contributed by atoms with Crippen molar-refractivity contribution in [1.82, 2.24) is 0 Å². The van der Waals surface area contributed by atoms with Crippen LogP contribution in [0.5, 0.6) is 5.75 Å². The summed E-state index contributed by atoms with van der Waals surface area (Å²) in [5.74, 6) is 2.55. The second-order valence-electron chi connectivity index (χ2n) is 16.9. The lowest BCUT2D eigenvalue weighted by Gasteiger charge is -2.53. The zero-order valence-electron chi connectivity index (χ0n) is 30.4. The Morgan fingerprint density at radius 3 is 1.76 bits per heavy atom. The van der Waals surface area contributed by atoms with Gasteiger partial charge in [0.15, 0.2) is 0 Å². The fourth-order valence-electron chi connectivity index (χ4n) is 5.99. The van der Waals surface area contributed by atoms with E-state index in [4.69, 9.17) is 14.2 Å². The molecule has 1 saturated carbocycles. The van der Waals surface area contributed by atoms with E-state index >= 15 is 0 Å². The van der Waals surface area contributed by atoms with Crippen molar-refractivity contribution in [1.29, 1.82) is 0 Å². The molecule has 0 spiro atoms. The maximum absolute atomic E-state index is 7.15. The average molecular weight is 587 g/mol. The number of benzene rings is 1. The standard InChI is InChI=1S/C39H70O3/c1-28(2)31-20-22-32(23-21-31)40-24-25-41-34(38(11,12)30(5)6)27-37(9,10)39(13,14)35(26-36(7,8)29(3)4)42-33-18-16-15-17-19-33/h20-23,28-30,33-35H,15-19,24-27H2,1-14H3. The fraction of sp³-hybridized carbons (Fsp3) is 0.846. The number of hydrogen-bond acceptors (Lipinski definition) is 3. The van der Waals surface area contributed by atoms with Crippen LogP contribution in [0.25, 0.3) is 0 Å². The third kappa shape index (κ3) is 9.98. The summed E-state index contributed by atoms with van der Waals surface area (Å²) in [5, 5.41) is 0. The van der Waals surface area contributed by atoms with Crippen LogP contribution in [-0.4, -0.2) is 31.5 Å². The summed E-state index contributed by atoms with van der Waals surface area (Å²) < 4.78 is 20.1. The molecular weight excluding hydrogens is 516 g/mol. The molecule has 0 saturated heterocycles. The summed E-state index contributed by atoms with van der Waals surface area (Å²) in [5.41, 5.74) is 1.56. The van der Waals surface area contributed by atoms with Crippen molar-refractivity contribution < 1.29 is 14.2 Å². The van der Waals surface area contributed by atoms with Crippen LogP contribution < -0.4 is 4.74 Å². The summed E-state index contributed by atoms with van der Waals surface area (Å²) in [7, 11) is 0. The molecule has 3 nitrogen and oxygen atoms in total. The Labute approximate surface area is 262 Å². The first-order chi connectivity index (χ1) is 19.3. The molecule has 0 bridgehead atoms. The molecule has 0 heterocycles. The lowest BCUT2D eigenvalue weighted by Crippen LogP contribution is -2.51. The third-order valence-corrected chi connectivity index (χ3v) is 12.0. The molecular formula is C39H70O3. The van der Waals surface area contributed by atoms with Crippen molar-refractivity contribution in [2.24, 2.45) is 33.5 Å². The van der Waals surface area contributed by atoms with Crippen LogP contribution in [0, 0.1) is 33.5 Å².